The molecular weight excluding hydrogens is 276 g/mol. The number of nitrogens with zero attached hydrogens (tertiary/aromatic N) is 3. The van der Waals surface area contributed by atoms with Gasteiger partial charge in [0.2, 0.25) is 0 Å². The molecule has 0 fully saturated rings. The van der Waals surface area contributed by atoms with Crippen molar-refractivity contribution in [2.45, 2.75) is 52.4 Å². The fourth-order valence-electron chi connectivity index (χ4n) is 2.01. The lowest BCUT2D eigenvalue weighted by Gasteiger charge is -2.27. The van der Waals surface area contributed by atoms with E-state index in [0.717, 1.165) is 11.1 Å². The summed E-state index contributed by atoms with van der Waals surface area (Å²) in [5.74, 6) is 0.384. The van der Waals surface area contributed by atoms with E-state index in [1.165, 1.54) is 19.0 Å². The third kappa shape index (κ3) is 4.98. The van der Waals surface area contributed by atoms with Crippen LogP contribution in [0.5, 0.6) is 5.75 Å². The van der Waals surface area contributed by atoms with Crippen molar-refractivity contribution in [1.82, 2.24) is 15.0 Å². The highest BCUT2D eigenvalue weighted by Crippen LogP contribution is 2.40. The number of phenols is 1. The molecule has 0 saturated carbocycles. The van der Waals surface area contributed by atoms with E-state index in [9.17, 15) is 5.11 Å². The van der Waals surface area contributed by atoms with Crippen LogP contribution in [0.1, 0.15) is 52.7 Å². The molecule has 0 aliphatic carbocycles. The van der Waals surface area contributed by atoms with Gasteiger partial charge in [-0.25, -0.2) is 15.0 Å². The van der Waals surface area contributed by atoms with Crippen LogP contribution in [0.4, 0.5) is 5.69 Å². The fraction of sp³-hybridized carbons (Fsp3) is 0.471. The predicted octanol–water partition coefficient (Wildman–Crippen LogP) is 3.44. The summed E-state index contributed by atoms with van der Waals surface area (Å²) in [7, 11) is 0. The van der Waals surface area contributed by atoms with Gasteiger partial charge in [0.1, 0.15) is 24.7 Å². The van der Waals surface area contributed by atoms with E-state index in [2.05, 4.69) is 56.5 Å². The number of nitrogen functional groups attached to an aromatic ring is 1. The maximum Gasteiger partial charge on any atom is 0.123 e. The fourth-order valence-corrected chi connectivity index (χ4v) is 2.01. The Morgan fingerprint density at radius 1 is 0.773 bits per heavy atom. The number of nitrogens with two attached hydrogens (primary N) is 1. The molecule has 5 nitrogen and oxygen atoms in total. The van der Waals surface area contributed by atoms with Gasteiger partial charge in [-0.2, -0.15) is 0 Å². The second kappa shape index (κ2) is 6.73. The average molecular weight is 302 g/mol. The second-order valence-electron chi connectivity index (χ2n) is 7.26. The summed E-state index contributed by atoms with van der Waals surface area (Å²) in [5.41, 5.74) is 8.26. The van der Waals surface area contributed by atoms with Gasteiger partial charge in [0.15, 0.2) is 0 Å². The van der Waals surface area contributed by atoms with Crippen molar-refractivity contribution in [3.63, 3.8) is 0 Å². The summed E-state index contributed by atoms with van der Waals surface area (Å²) in [6.45, 7) is 12.5. The van der Waals surface area contributed by atoms with Crippen molar-refractivity contribution in [1.29, 1.82) is 0 Å². The first kappa shape index (κ1) is 17.9. The number of benzene rings is 1. The van der Waals surface area contributed by atoms with Gasteiger partial charge in [0, 0.05) is 16.8 Å². The summed E-state index contributed by atoms with van der Waals surface area (Å²) in [6, 6.07) is 3.73. The molecule has 0 amide bonds. The Labute approximate surface area is 132 Å². The molecule has 0 atom stereocenters. The SMILES string of the molecule is CC(C)(C)c1cc(N)cc(C(C)(C)C)c1O.c1ncncn1. The minimum Gasteiger partial charge on any atom is -0.507 e. The molecule has 1 aromatic heterocycles. The molecule has 120 valence electrons. The minimum absolute atomic E-state index is 0.0978. The van der Waals surface area contributed by atoms with E-state index in [0.29, 0.717) is 11.4 Å². The van der Waals surface area contributed by atoms with Crippen molar-refractivity contribution < 1.29 is 5.11 Å². The predicted molar refractivity (Wildman–Crippen MR) is 89.7 cm³/mol. The highest BCUT2D eigenvalue weighted by Gasteiger charge is 2.25. The number of aromatic nitrogens is 3. The molecule has 0 radical (unpaired) electrons. The zero-order valence-electron chi connectivity index (χ0n) is 14.3. The molecule has 5 heteroatoms. The van der Waals surface area contributed by atoms with E-state index in [4.69, 9.17) is 5.73 Å². The van der Waals surface area contributed by atoms with Crippen molar-refractivity contribution in [3.05, 3.63) is 42.2 Å². The van der Waals surface area contributed by atoms with Crippen LogP contribution in [0.3, 0.4) is 0 Å². The Balaban J connectivity index is 0.000000335. The number of aromatic hydroxyl groups is 1. The van der Waals surface area contributed by atoms with Crippen LogP contribution >= 0.6 is 0 Å². The highest BCUT2D eigenvalue weighted by molar-refractivity contribution is 5.56. The molecule has 2 rings (SSSR count). The molecule has 3 N–H and O–H groups in total. The summed E-state index contributed by atoms with van der Waals surface area (Å²) in [4.78, 5) is 10.7. The quantitative estimate of drug-likeness (QED) is 0.575. The van der Waals surface area contributed by atoms with Gasteiger partial charge < -0.3 is 10.8 Å². The Kier molecular flexibility index (Phi) is 5.47. The maximum atomic E-state index is 10.3. The van der Waals surface area contributed by atoms with E-state index in [1.54, 1.807) is 0 Å². The van der Waals surface area contributed by atoms with Gasteiger partial charge in [0.05, 0.1) is 0 Å². The number of rotatable bonds is 0. The van der Waals surface area contributed by atoms with Crippen molar-refractivity contribution in [2.24, 2.45) is 0 Å². The van der Waals surface area contributed by atoms with Gasteiger partial charge >= 0.3 is 0 Å². The number of phenolic OH excluding ortho intramolecular Hbond substituents is 1. The Hall–Kier alpha value is -2.17. The minimum atomic E-state index is -0.0978. The zero-order chi connectivity index (χ0) is 17.0. The van der Waals surface area contributed by atoms with Gasteiger partial charge in [-0.05, 0) is 23.0 Å². The van der Waals surface area contributed by atoms with Crippen LogP contribution in [-0.2, 0) is 10.8 Å². The smallest absolute Gasteiger partial charge is 0.123 e. The van der Waals surface area contributed by atoms with E-state index in [1.807, 2.05) is 12.1 Å². The third-order valence-electron chi connectivity index (χ3n) is 3.15. The van der Waals surface area contributed by atoms with Gasteiger partial charge in [-0.3, -0.25) is 0 Å². The summed E-state index contributed by atoms with van der Waals surface area (Å²) < 4.78 is 0. The van der Waals surface area contributed by atoms with Crippen molar-refractivity contribution in [2.75, 3.05) is 5.73 Å². The lowest BCUT2D eigenvalue weighted by atomic mass is 9.79. The topological polar surface area (TPSA) is 84.9 Å². The lowest BCUT2D eigenvalue weighted by Crippen LogP contribution is -2.17. The zero-order valence-corrected chi connectivity index (χ0v) is 14.3. The standard InChI is InChI=1S/C14H23NO.C3H3N3/c1-13(2,3)10-7-9(15)8-11(12(10)16)14(4,5)6;1-4-2-6-3-5-1/h7-8,16H,15H2,1-6H3;1-3H. The van der Waals surface area contributed by atoms with Crippen LogP contribution < -0.4 is 5.73 Å². The summed E-state index contributed by atoms with van der Waals surface area (Å²) in [6.07, 6.45) is 4.31. The largest absolute Gasteiger partial charge is 0.507 e. The molecule has 0 spiro atoms. The van der Waals surface area contributed by atoms with Gasteiger partial charge in [-0.15, -0.1) is 0 Å². The molecule has 1 aromatic carbocycles. The van der Waals surface area contributed by atoms with E-state index in [-0.39, 0.29) is 10.8 Å². The molecule has 2 aromatic rings. The first-order chi connectivity index (χ1) is 10.0. The van der Waals surface area contributed by atoms with Crippen LogP contribution in [0.2, 0.25) is 0 Å². The number of anilines is 1. The first-order valence-corrected chi connectivity index (χ1v) is 7.22. The molecular formula is C17H26N4O. The van der Waals surface area contributed by atoms with Gasteiger partial charge in [0.25, 0.3) is 0 Å². The molecule has 0 saturated heterocycles. The molecule has 0 aliphatic heterocycles. The molecule has 0 bridgehead atoms. The van der Waals surface area contributed by atoms with Crippen LogP contribution in [0, 0.1) is 0 Å². The summed E-state index contributed by atoms with van der Waals surface area (Å²) in [5, 5.41) is 10.3. The average Bonchev–Trinajstić information content (AvgIpc) is 2.41. The first-order valence-electron chi connectivity index (χ1n) is 7.22. The van der Waals surface area contributed by atoms with Crippen LogP contribution in [0.15, 0.2) is 31.1 Å². The van der Waals surface area contributed by atoms with E-state index < -0.39 is 0 Å². The Bertz CT molecular complexity index is 537. The normalized spacial score (nSPS) is 11.5. The van der Waals surface area contributed by atoms with E-state index >= 15 is 0 Å². The molecule has 0 unspecified atom stereocenters. The number of hydrogen-bond donors (Lipinski definition) is 2. The monoisotopic (exact) mass is 302 g/mol. The Morgan fingerprint density at radius 3 is 1.32 bits per heavy atom. The van der Waals surface area contributed by atoms with Crippen LogP contribution in [0.25, 0.3) is 0 Å². The second-order valence-corrected chi connectivity index (χ2v) is 7.26. The maximum absolute atomic E-state index is 10.3. The summed E-state index contributed by atoms with van der Waals surface area (Å²) >= 11 is 0. The Morgan fingerprint density at radius 2 is 1.09 bits per heavy atom. The van der Waals surface area contributed by atoms with Crippen LogP contribution in [-0.4, -0.2) is 20.1 Å². The van der Waals surface area contributed by atoms with Gasteiger partial charge in [-0.1, -0.05) is 41.5 Å². The van der Waals surface area contributed by atoms with Crippen molar-refractivity contribution >= 4 is 5.69 Å². The highest BCUT2D eigenvalue weighted by atomic mass is 16.3. The molecule has 0 aliphatic rings. The number of hydrogen-bond acceptors (Lipinski definition) is 5. The third-order valence-corrected chi connectivity index (χ3v) is 3.15. The lowest BCUT2D eigenvalue weighted by molar-refractivity contribution is 0.423. The molecule has 22 heavy (non-hydrogen) atoms. The molecule has 1 heterocycles. The van der Waals surface area contributed by atoms with Crippen molar-refractivity contribution in [3.8, 4) is 5.75 Å².